The van der Waals surface area contributed by atoms with Crippen LogP contribution in [0.2, 0.25) is 0 Å². The molecule has 1 aromatic rings. The first-order valence-corrected chi connectivity index (χ1v) is 3.77. The standard InChI is InChI=1S/C8H8FN2O.K.H2O/c1-11-7(8(9)2-3-8)6(5-12)4-10-11;;/h4H,2-3H2,1H3;;1H2/q-1;+1;/p-1. The van der Waals surface area contributed by atoms with Crippen molar-refractivity contribution in [3.63, 3.8) is 0 Å². The van der Waals surface area contributed by atoms with Crippen LogP contribution in [0.3, 0.4) is 0 Å². The summed E-state index contributed by atoms with van der Waals surface area (Å²) in [6.07, 6.45) is 4.01. The van der Waals surface area contributed by atoms with E-state index in [4.69, 9.17) is 0 Å². The Morgan fingerprint density at radius 3 is 2.64 bits per heavy atom. The van der Waals surface area contributed by atoms with E-state index in [1.807, 2.05) is 0 Å². The number of halogens is 1. The van der Waals surface area contributed by atoms with Crippen molar-refractivity contribution < 1.29 is 66.0 Å². The van der Waals surface area contributed by atoms with Crippen molar-refractivity contribution in [3.05, 3.63) is 17.5 Å². The molecule has 0 aliphatic heterocycles. The minimum Gasteiger partial charge on any atom is -0.870 e. The van der Waals surface area contributed by atoms with Gasteiger partial charge in [0.05, 0.1) is 6.29 Å². The fraction of sp³-hybridized carbons (Fsp3) is 0.500. The van der Waals surface area contributed by atoms with Gasteiger partial charge in [-0.15, -0.1) is 5.56 Å². The zero-order chi connectivity index (χ0) is 8.77. The maximum Gasteiger partial charge on any atom is 1.00 e. The molecular weight excluding hydrogens is 214 g/mol. The van der Waals surface area contributed by atoms with Crippen LogP contribution < -0.4 is 51.4 Å². The summed E-state index contributed by atoms with van der Waals surface area (Å²) in [6, 6.07) is 0. The summed E-state index contributed by atoms with van der Waals surface area (Å²) >= 11 is 0. The summed E-state index contributed by atoms with van der Waals surface area (Å²) in [5, 5.41) is 3.81. The third-order valence-corrected chi connectivity index (χ3v) is 2.16. The molecule has 1 heterocycles. The number of carbonyl (C=O) groups excluding carboxylic acids is 1. The molecule has 0 saturated heterocycles. The first kappa shape index (κ1) is 14.4. The average molecular weight is 223 g/mol. The van der Waals surface area contributed by atoms with Crippen LogP contribution in [-0.2, 0) is 17.5 Å². The van der Waals surface area contributed by atoms with Crippen molar-refractivity contribution in [2.45, 2.75) is 18.5 Å². The van der Waals surface area contributed by atoms with Crippen molar-refractivity contribution in [1.29, 1.82) is 0 Å². The Hall–Kier alpha value is 0.406. The molecule has 0 atom stereocenters. The Kier molecular flexibility index (Phi) is 5.10. The maximum atomic E-state index is 13.5. The largest absolute Gasteiger partial charge is 1.00 e. The molecule has 1 aromatic heterocycles. The molecule has 1 saturated carbocycles. The molecule has 1 N–H and O–H groups in total. The molecule has 1 fully saturated rings. The molecule has 1 aliphatic rings. The smallest absolute Gasteiger partial charge is 0.870 e. The second kappa shape index (κ2) is 4.96. The molecule has 0 radical (unpaired) electrons. The van der Waals surface area contributed by atoms with Crippen molar-refractivity contribution in [1.82, 2.24) is 9.78 Å². The van der Waals surface area contributed by atoms with E-state index in [1.165, 1.54) is 10.9 Å². The van der Waals surface area contributed by atoms with Gasteiger partial charge in [0.15, 0.2) is 0 Å². The number of nitrogens with zero attached hydrogens (tertiary/aromatic N) is 2. The van der Waals surface area contributed by atoms with Crippen LogP contribution in [0.5, 0.6) is 0 Å². The molecule has 2 rings (SSSR count). The van der Waals surface area contributed by atoms with Crippen molar-refractivity contribution in [3.8, 4) is 0 Å². The number of aromatic nitrogens is 2. The number of aryl methyl sites for hydroxylation is 1. The van der Waals surface area contributed by atoms with E-state index in [2.05, 4.69) is 5.10 Å². The van der Waals surface area contributed by atoms with Gasteiger partial charge in [-0.1, -0.05) is 6.20 Å². The molecule has 14 heavy (non-hydrogen) atoms. The van der Waals surface area contributed by atoms with E-state index in [0.717, 1.165) is 0 Å². The molecule has 0 unspecified atom stereocenters. The summed E-state index contributed by atoms with van der Waals surface area (Å²) in [5.41, 5.74) is -0.687. The number of hydrogen-bond donors (Lipinski definition) is 0. The first-order valence-electron chi connectivity index (χ1n) is 3.77. The van der Waals surface area contributed by atoms with Crippen LogP contribution in [0.4, 0.5) is 4.39 Å². The van der Waals surface area contributed by atoms with E-state index in [1.54, 1.807) is 13.3 Å². The van der Waals surface area contributed by atoms with Gasteiger partial charge >= 0.3 is 51.4 Å². The topological polar surface area (TPSA) is 64.9 Å². The van der Waals surface area contributed by atoms with Gasteiger partial charge < -0.3 is 15.0 Å². The van der Waals surface area contributed by atoms with Gasteiger partial charge in [-0.3, -0.25) is 9.49 Å². The Morgan fingerprint density at radius 2 is 2.21 bits per heavy atom. The quantitative estimate of drug-likeness (QED) is 0.417. The van der Waals surface area contributed by atoms with Crippen LogP contribution in [-0.4, -0.2) is 21.5 Å². The van der Waals surface area contributed by atoms with Gasteiger partial charge in [0.2, 0.25) is 0 Å². The fourth-order valence-electron chi connectivity index (χ4n) is 1.39. The minimum atomic E-state index is -1.31. The Labute approximate surface area is 124 Å². The second-order valence-corrected chi connectivity index (χ2v) is 3.10. The fourth-order valence-corrected chi connectivity index (χ4v) is 1.39. The van der Waals surface area contributed by atoms with E-state index in [-0.39, 0.29) is 62.4 Å². The normalized spacial score (nSPS) is 16.4. The van der Waals surface area contributed by atoms with Gasteiger partial charge in [-0.2, -0.15) is 0 Å². The zero-order valence-corrected chi connectivity index (χ0v) is 11.2. The van der Waals surface area contributed by atoms with Crippen molar-refractivity contribution in [2.24, 2.45) is 7.05 Å². The first-order chi connectivity index (χ1) is 5.67. The van der Waals surface area contributed by atoms with E-state index in [0.29, 0.717) is 18.5 Å². The Balaban J connectivity index is 0.000000845. The van der Waals surface area contributed by atoms with Crippen molar-refractivity contribution >= 4 is 6.29 Å². The average Bonchev–Trinajstić information content (AvgIpc) is 2.64. The summed E-state index contributed by atoms with van der Waals surface area (Å²) in [5.74, 6) is 0. The molecule has 6 heteroatoms. The SMILES string of the molecule is Cn1ncc([C-]=O)c1C1(F)CC1.[K+].[OH-]. The van der Waals surface area contributed by atoms with Gasteiger partial charge in [-0.05, 0) is 18.5 Å². The third kappa shape index (κ3) is 2.31. The number of rotatable bonds is 2. The van der Waals surface area contributed by atoms with Crippen LogP contribution in [0.1, 0.15) is 24.1 Å². The molecule has 0 bridgehead atoms. The summed E-state index contributed by atoms with van der Waals surface area (Å²) in [7, 11) is 1.63. The van der Waals surface area contributed by atoms with E-state index >= 15 is 0 Å². The van der Waals surface area contributed by atoms with Gasteiger partial charge in [0, 0.05) is 7.05 Å². The summed E-state index contributed by atoms with van der Waals surface area (Å²) in [4.78, 5) is 10.4. The predicted molar refractivity (Wildman–Crippen MR) is 42.0 cm³/mol. The third-order valence-electron chi connectivity index (χ3n) is 2.16. The number of alkyl halides is 1. The van der Waals surface area contributed by atoms with Crippen LogP contribution >= 0.6 is 0 Å². The van der Waals surface area contributed by atoms with Crippen LogP contribution in [0, 0.1) is 0 Å². The van der Waals surface area contributed by atoms with Gasteiger partial charge in [-0.25, -0.2) is 0 Å². The maximum absolute atomic E-state index is 13.5. The zero-order valence-electron chi connectivity index (χ0n) is 8.12. The molecule has 0 aromatic carbocycles. The van der Waals surface area contributed by atoms with E-state index < -0.39 is 5.67 Å². The molecular formula is C8H9FKN2O2-. The molecule has 72 valence electrons. The van der Waals surface area contributed by atoms with Gasteiger partial charge in [0.1, 0.15) is 5.67 Å². The molecule has 0 amide bonds. The van der Waals surface area contributed by atoms with Crippen LogP contribution in [0.25, 0.3) is 0 Å². The summed E-state index contributed by atoms with van der Waals surface area (Å²) in [6.45, 7) is 0. The van der Waals surface area contributed by atoms with Crippen molar-refractivity contribution in [2.75, 3.05) is 0 Å². The second-order valence-electron chi connectivity index (χ2n) is 3.10. The Bertz CT molecular complexity index is 336. The predicted octanol–water partition coefficient (Wildman–Crippen LogP) is -2.34. The number of hydrogen-bond acceptors (Lipinski definition) is 3. The van der Waals surface area contributed by atoms with Gasteiger partial charge in [0.25, 0.3) is 0 Å². The molecule has 0 spiro atoms. The minimum absolute atomic E-state index is 0. The van der Waals surface area contributed by atoms with Crippen LogP contribution in [0.15, 0.2) is 6.20 Å². The monoisotopic (exact) mass is 223 g/mol. The summed E-state index contributed by atoms with van der Waals surface area (Å²) < 4.78 is 14.9. The molecule has 1 aliphatic carbocycles. The Morgan fingerprint density at radius 1 is 1.64 bits per heavy atom. The van der Waals surface area contributed by atoms with E-state index in [9.17, 15) is 9.18 Å². The molecule has 4 nitrogen and oxygen atoms in total.